The molecule has 4 rings (SSSR count). The van der Waals surface area contributed by atoms with Crippen molar-refractivity contribution in [3.63, 3.8) is 0 Å². The standard InChI is InChI=1S/C22H24N6O2/c1-16-7-4-9-18(21(29)27-12-2-3-13-27)19(16)26-22(30)24-15-17-8-5-10-23-20(17)28-14-6-11-25-28/h4-11,14H,2-3,12-13,15H2,1H3,(H2,24,26,30). The number of rotatable bonds is 5. The Bertz CT molecular complexity index is 1040. The highest BCUT2D eigenvalue weighted by molar-refractivity contribution is 6.04. The first-order valence-electron chi connectivity index (χ1n) is 10.0. The van der Waals surface area contributed by atoms with Crippen LogP contribution in [0, 0.1) is 6.92 Å². The Labute approximate surface area is 174 Å². The van der Waals surface area contributed by atoms with E-state index < -0.39 is 0 Å². The van der Waals surface area contributed by atoms with Crippen LogP contribution in [0.1, 0.15) is 34.3 Å². The van der Waals surface area contributed by atoms with Gasteiger partial charge in [-0.25, -0.2) is 14.5 Å². The van der Waals surface area contributed by atoms with E-state index in [1.165, 1.54) is 0 Å². The third kappa shape index (κ3) is 4.17. The van der Waals surface area contributed by atoms with Crippen LogP contribution in [0.4, 0.5) is 10.5 Å². The number of nitrogens with zero attached hydrogens (tertiary/aromatic N) is 4. The highest BCUT2D eigenvalue weighted by Crippen LogP contribution is 2.24. The summed E-state index contributed by atoms with van der Waals surface area (Å²) >= 11 is 0. The van der Waals surface area contributed by atoms with Crippen LogP contribution in [0.25, 0.3) is 5.82 Å². The predicted octanol–water partition coefficient (Wildman–Crippen LogP) is 3.13. The Balaban J connectivity index is 1.47. The number of hydrogen-bond donors (Lipinski definition) is 2. The number of carbonyl (C=O) groups is 2. The molecule has 3 heterocycles. The van der Waals surface area contributed by atoms with Gasteiger partial charge in [0.15, 0.2) is 5.82 Å². The molecule has 1 aliphatic rings. The summed E-state index contributed by atoms with van der Waals surface area (Å²) in [5.74, 6) is 0.614. The summed E-state index contributed by atoms with van der Waals surface area (Å²) in [7, 11) is 0. The monoisotopic (exact) mass is 404 g/mol. The Morgan fingerprint density at radius 3 is 2.67 bits per heavy atom. The summed E-state index contributed by atoms with van der Waals surface area (Å²) in [5.41, 5.74) is 2.74. The molecule has 2 N–H and O–H groups in total. The maximum atomic E-state index is 12.9. The lowest BCUT2D eigenvalue weighted by atomic mass is 10.1. The third-order valence-electron chi connectivity index (χ3n) is 5.16. The quantitative estimate of drug-likeness (QED) is 0.683. The van der Waals surface area contributed by atoms with Gasteiger partial charge in [-0.3, -0.25) is 4.79 Å². The first-order chi connectivity index (χ1) is 14.6. The molecule has 154 valence electrons. The number of pyridine rings is 1. The average Bonchev–Trinajstić information content (AvgIpc) is 3.48. The van der Waals surface area contributed by atoms with Gasteiger partial charge >= 0.3 is 6.03 Å². The van der Waals surface area contributed by atoms with E-state index in [0.29, 0.717) is 17.1 Å². The van der Waals surface area contributed by atoms with E-state index in [0.717, 1.165) is 37.1 Å². The summed E-state index contributed by atoms with van der Waals surface area (Å²) in [5, 5.41) is 9.93. The number of carbonyl (C=O) groups excluding carboxylic acids is 2. The van der Waals surface area contributed by atoms with Crippen molar-refractivity contribution < 1.29 is 9.59 Å². The third-order valence-corrected chi connectivity index (χ3v) is 5.16. The van der Waals surface area contributed by atoms with E-state index in [9.17, 15) is 9.59 Å². The number of hydrogen-bond acceptors (Lipinski definition) is 4. The highest BCUT2D eigenvalue weighted by Gasteiger charge is 2.23. The first-order valence-corrected chi connectivity index (χ1v) is 10.0. The molecule has 1 aromatic carbocycles. The molecule has 0 bridgehead atoms. The number of aryl methyl sites for hydroxylation is 1. The molecular weight excluding hydrogens is 380 g/mol. The van der Waals surface area contributed by atoms with Crippen molar-refractivity contribution in [1.82, 2.24) is 25.0 Å². The molecule has 1 saturated heterocycles. The molecule has 0 atom stereocenters. The molecule has 8 heteroatoms. The topological polar surface area (TPSA) is 92.2 Å². The number of urea groups is 1. The minimum absolute atomic E-state index is 0.0419. The lowest BCUT2D eigenvalue weighted by molar-refractivity contribution is 0.0793. The second-order valence-corrected chi connectivity index (χ2v) is 7.24. The minimum Gasteiger partial charge on any atom is -0.339 e. The maximum absolute atomic E-state index is 12.9. The molecule has 1 fully saturated rings. The molecule has 2 aromatic heterocycles. The van der Waals surface area contributed by atoms with Crippen LogP contribution in [0.5, 0.6) is 0 Å². The zero-order chi connectivity index (χ0) is 20.9. The van der Waals surface area contributed by atoms with Crippen molar-refractivity contribution >= 4 is 17.6 Å². The fourth-order valence-electron chi connectivity index (χ4n) is 3.60. The van der Waals surface area contributed by atoms with Gasteiger partial charge in [-0.15, -0.1) is 0 Å². The summed E-state index contributed by atoms with van der Waals surface area (Å²) in [6.07, 6.45) is 7.20. The lowest BCUT2D eigenvalue weighted by Crippen LogP contribution is -2.32. The van der Waals surface area contributed by atoms with Crippen LogP contribution in [-0.2, 0) is 6.54 Å². The van der Waals surface area contributed by atoms with Crippen LogP contribution >= 0.6 is 0 Å². The van der Waals surface area contributed by atoms with Crippen LogP contribution in [0.3, 0.4) is 0 Å². The molecule has 8 nitrogen and oxygen atoms in total. The molecular formula is C22H24N6O2. The highest BCUT2D eigenvalue weighted by atomic mass is 16.2. The largest absolute Gasteiger partial charge is 0.339 e. The van der Waals surface area contributed by atoms with Crippen molar-refractivity contribution in [1.29, 1.82) is 0 Å². The van der Waals surface area contributed by atoms with Crippen molar-refractivity contribution in [2.24, 2.45) is 0 Å². The number of anilines is 1. The van der Waals surface area contributed by atoms with E-state index in [1.54, 1.807) is 29.3 Å². The van der Waals surface area contributed by atoms with Gasteiger partial charge in [0.25, 0.3) is 5.91 Å². The minimum atomic E-state index is -0.380. The SMILES string of the molecule is Cc1cccc(C(=O)N2CCCC2)c1NC(=O)NCc1cccnc1-n1cccn1. The molecule has 1 aliphatic heterocycles. The van der Waals surface area contributed by atoms with Crippen LogP contribution in [0.2, 0.25) is 0 Å². The van der Waals surface area contributed by atoms with Gasteiger partial charge < -0.3 is 15.5 Å². The van der Waals surface area contributed by atoms with Crippen LogP contribution in [0.15, 0.2) is 55.0 Å². The Morgan fingerprint density at radius 1 is 1.07 bits per heavy atom. The second kappa shape index (κ2) is 8.77. The van der Waals surface area contributed by atoms with Gasteiger partial charge in [-0.1, -0.05) is 18.2 Å². The molecule has 0 saturated carbocycles. The fourth-order valence-corrected chi connectivity index (χ4v) is 3.60. The average molecular weight is 404 g/mol. The van der Waals surface area contributed by atoms with E-state index in [2.05, 4.69) is 20.7 Å². The lowest BCUT2D eigenvalue weighted by Gasteiger charge is -2.19. The van der Waals surface area contributed by atoms with Gasteiger partial charge in [0.2, 0.25) is 0 Å². The number of aromatic nitrogens is 3. The molecule has 0 aliphatic carbocycles. The summed E-state index contributed by atoms with van der Waals surface area (Å²) < 4.78 is 1.66. The van der Waals surface area contributed by atoms with E-state index in [1.807, 2.05) is 42.2 Å². The van der Waals surface area contributed by atoms with Gasteiger partial charge in [-0.2, -0.15) is 5.10 Å². The maximum Gasteiger partial charge on any atom is 0.319 e. The number of likely N-dealkylation sites (tertiary alicyclic amines) is 1. The van der Waals surface area contributed by atoms with Crippen LogP contribution < -0.4 is 10.6 Å². The normalized spacial score (nSPS) is 13.3. The van der Waals surface area contributed by atoms with E-state index in [4.69, 9.17) is 0 Å². The Kier molecular flexibility index (Phi) is 5.74. The Morgan fingerprint density at radius 2 is 1.90 bits per heavy atom. The molecule has 0 unspecified atom stereocenters. The summed E-state index contributed by atoms with van der Waals surface area (Å²) in [4.78, 5) is 31.7. The summed E-state index contributed by atoms with van der Waals surface area (Å²) in [6.45, 7) is 3.68. The van der Waals surface area contributed by atoms with Gasteiger partial charge in [0, 0.05) is 43.8 Å². The van der Waals surface area contributed by atoms with Gasteiger partial charge in [0.05, 0.1) is 11.3 Å². The molecule has 0 spiro atoms. The van der Waals surface area contributed by atoms with Crippen LogP contribution in [-0.4, -0.2) is 44.7 Å². The Hall–Kier alpha value is -3.68. The van der Waals surface area contributed by atoms with Crippen molar-refractivity contribution in [3.8, 4) is 5.82 Å². The van der Waals surface area contributed by atoms with Crippen molar-refractivity contribution in [2.75, 3.05) is 18.4 Å². The molecule has 3 aromatic rings. The van der Waals surface area contributed by atoms with Gasteiger partial charge in [0.1, 0.15) is 0 Å². The van der Waals surface area contributed by atoms with Gasteiger partial charge in [-0.05, 0) is 43.5 Å². The fraction of sp³-hybridized carbons (Fsp3) is 0.273. The van der Waals surface area contributed by atoms with Crippen molar-refractivity contribution in [2.45, 2.75) is 26.3 Å². The second-order valence-electron chi connectivity index (χ2n) is 7.24. The van der Waals surface area contributed by atoms with Crippen molar-refractivity contribution in [3.05, 3.63) is 71.7 Å². The van der Waals surface area contributed by atoms with E-state index in [-0.39, 0.29) is 18.5 Å². The number of benzene rings is 1. The number of amides is 3. The smallest absolute Gasteiger partial charge is 0.319 e. The van der Waals surface area contributed by atoms with E-state index >= 15 is 0 Å². The zero-order valence-corrected chi connectivity index (χ0v) is 16.8. The molecule has 0 radical (unpaired) electrons. The summed E-state index contributed by atoms with van der Waals surface area (Å²) in [6, 6.07) is 10.6. The number of nitrogens with one attached hydrogen (secondary N) is 2. The molecule has 3 amide bonds. The predicted molar refractivity (Wildman–Crippen MR) is 114 cm³/mol. The number of para-hydroxylation sites is 1. The first kappa shape index (κ1) is 19.6. The molecule has 30 heavy (non-hydrogen) atoms. The zero-order valence-electron chi connectivity index (χ0n) is 16.8.